The third kappa shape index (κ3) is 4.00. The molecule has 4 aromatic rings. The maximum atomic E-state index is 13.0. The summed E-state index contributed by atoms with van der Waals surface area (Å²) in [7, 11) is 0. The van der Waals surface area contributed by atoms with Crippen LogP contribution in [0, 0.1) is 5.82 Å². The average Bonchev–Trinajstić information content (AvgIpc) is 3.34. The number of furan rings is 1. The van der Waals surface area contributed by atoms with Crippen molar-refractivity contribution in [2.24, 2.45) is 0 Å². The van der Waals surface area contributed by atoms with Crippen LogP contribution in [-0.2, 0) is 9.53 Å². The van der Waals surface area contributed by atoms with Crippen LogP contribution in [0.1, 0.15) is 17.5 Å². The highest BCUT2D eigenvalue weighted by Gasteiger charge is 2.22. The van der Waals surface area contributed by atoms with Crippen molar-refractivity contribution < 1.29 is 23.1 Å². The minimum absolute atomic E-state index is 0.0831. The predicted octanol–water partition coefficient (Wildman–Crippen LogP) is 3.44. The molecular formula is C21H16FN3O5. The van der Waals surface area contributed by atoms with Gasteiger partial charge in [-0.1, -0.05) is 0 Å². The number of aromatic amines is 2. The lowest BCUT2D eigenvalue weighted by atomic mass is 10.2. The average molecular weight is 409 g/mol. The van der Waals surface area contributed by atoms with E-state index in [-0.39, 0.29) is 17.3 Å². The molecule has 9 heteroatoms. The molecule has 2 aromatic carbocycles. The summed E-state index contributed by atoms with van der Waals surface area (Å²) in [6.07, 6.45) is -1.10. The lowest BCUT2D eigenvalue weighted by Crippen LogP contribution is -2.29. The normalized spacial score (nSPS) is 11.9. The van der Waals surface area contributed by atoms with Crippen molar-refractivity contribution in [2.75, 3.05) is 5.32 Å². The number of benzene rings is 2. The number of esters is 1. The Morgan fingerprint density at radius 2 is 1.77 bits per heavy atom. The maximum Gasteiger partial charge on any atom is 0.375 e. The second-order valence-corrected chi connectivity index (χ2v) is 6.55. The Labute approximate surface area is 168 Å². The van der Waals surface area contributed by atoms with Gasteiger partial charge in [0.05, 0.1) is 11.0 Å². The van der Waals surface area contributed by atoms with Crippen LogP contribution in [0.5, 0.6) is 0 Å². The Kier molecular flexibility index (Phi) is 4.93. The van der Waals surface area contributed by atoms with Crippen LogP contribution >= 0.6 is 0 Å². The predicted molar refractivity (Wildman–Crippen MR) is 107 cm³/mol. The number of fused-ring (bicyclic) bond motifs is 1. The van der Waals surface area contributed by atoms with Crippen molar-refractivity contribution in [3.8, 4) is 11.3 Å². The van der Waals surface area contributed by atoms with Crippen LogP contribution in [0.25, 0.3) is 22.4 Å². The number of halogens is 1. The molecule has 0 saturated carbocycles. The maximum absolute atomic E-state index is 13.0. The van der Waals surface area contributed by atoms with Gasteiger partial charge in [0.1, 0.15) is 11.6 Å². The zero-order valence-electron chi connectivity index (χ0n) is 15.7. The van der Waals surface area contributed by atoms with E-state index in [1.807, 2.05) is 0 Å². The summed E-state index contributed by atoms with van der Waals surface area (Å²) in [5.74, 6) is -1.46. The van der Waals surface area contributed by atoms with Crippen molar-refractivity contribution >= 4 is 28.6 Å². The van der Waals surface area contributed by atoms with E-state index >= 15 is 0 Å². The number of aromatic nitrogens is 2. The topological polar surface area (TPSA) is 117 Å². The van der Waals surface area contributed by atoms with Crippen molar-refractivity contribution in [3.05, 3.63) is 76.7 Å². The van der Waals surface area contributed by atoms with Crippen LogP contribution in [0.4, 0.5) is 10.1 Å². The third-order valence-electron chi connectivity index (χ3n) is 4.37. The first-order chi connectivity index (χ1) is 14.4. The van der Waals surface area contributed by atoms with Crippen LogP contribution < -0.4 is 11.0 Å². The van der Waals surface area contributed by atoms with Crippen LogP contribution in [0.15, 0.2) is 63.8 Å². The molecule has 0 radical (unpaired) electrons. The van der Waals surface area contributed by atoms with Crippen LogP contribution in [0.2, 0.25) is 0 Å². The number of nitrogens with one attached hydrogen (secondary N) is 3. The summed E-state index contributed by atoms with van der Waals surface area (Å²) in [6.45, 7) is 1.42. The largest absolute Gasteiger partial charge is 0.449 e. The molecule has 0 aliphatic carbocycles. The van der Waals surface area contributed by atoms with Gasteiger partial charge in [-0.15, -0.1) is 0 Å². The first-order valence-corrected chi connectivity index (χ1v) is 8.99. The molecule has 0 aliphatic rings. The SMILES string of the molecule is C[C@@H](OC(=O)c1ccc(-c2ccc(F)cc2)o1)C(=O)Nc1ccc2[nH]c(=O)[nH]c2c1. The first kappa shape index (κ1) is 19.2. The zero-order valence-corrected chi connectivity index (χ0v) is 15.7. The van der Waals surface area contributed by atoms with Gasteiger partial charge in [-0.3, -0.25) is 4.79 Å². The molecule has 1 atom stereocenters. The summed E-state index contributed by atoms with van der Waals surface area (Å²) in [6, 6.07) is 13.4. The number of ether oxygens (including phenoxy) is 1. The van der Waals surface area contributed by atoms with E-state index in [1.165, 1.54) is 37.3 Å². The third-order valence-corrected chi connectivity index (χ3v) is 4.37. The molecule has 1 amide bonds. The molecule has 0 bridgehead atoms. The van der Waals surface area contributed by atoms with Crippen molar-refractivity contribution in [2.45, 2.75) is 13.0 Å². The summed E-state index contributed by atoms with van der Waals surface area (Å²) in [5, 5.41) is 2.62. The fraction of sp³-hybridized carbons (Fsp3) is 0.0952. The van der Waals surface area contributed by atoms with Crippen molar-refractivity contribution in [3.63, 3.8) is 0 Å². The van der Waals surface area contributed by atoms with E-state index < -0.39 is 18.0 Å². The monoisotopic (exact) mass is 409 g/mol. The zero-order chi connectivity index (χ0) is 21.3. The molecule has 0 saturated heterocycles. The molecule has 30 heavy (non-hydrogen) atoms. The Morgan fingerprint density at radius 1 is 1.03 bits per heavy atom. The summed E-state index contributed by atoms with van der Waals surface area (Å²) >= 11 is 0. The smallest absolute Gasteiger partial charge is 0.375 e. The molecule has 4 rings (SSSR count). The number of anilines is 1. The van der Waals surface area contributed by atoms with Gasteiger partial charge in [-0.05, 0) is 61.5 Å². The van der Waals surface area contributed by atoms with Gasteiger partial charge < -0.3 is 24.4 Å². The van der Waals surface area contributed by atoms with Crippen molar-refractivity contribution in [1.29, 1.82) is 0 Å². The fourth-order valence-corrected chi connectivity index (χ4v) is 2.84. The highest BCUT2D eigenvalue weighted by atomic mass is 19.1. The molecule has 0 unspecified atom stereocenters. The number of hydrogen-bond acceptors (Lipinski definition) is 5. The molecule has 2 aromatic heterocycles. The molecule has 2 heterocycles. The highest BCUT2D eigenvalue weighted by molar-refractivity contribution is 5.97. The highest BCUT2D eigenvalue weighted by Crippen LogP contribution is 2.23. The minimum atomic E-state index is -1.10. The Morgan fingerprint density at radius 3 is 2.53 bits per heavy atom. The lowest BCUT2D eigenvalue weighted by molar-refractivity contribution is -0.123. The van der Waals surface area contributed by atoms with Gasteiger partial charge >= 0.3 is 11.7 Å². The van der Waals surface area contributed by atoms with Gasteiger partial charge in [0, 0.05) is 11.3 Å². The van der Waals surface area contributed by atoms with Crippen molar-refractivity contribution in [1.82, 2.24) is 9.97 Å². The quantitative estimate of drug-likeness (QED) is 0.437. The molecular weight excluding hydrogens is 393 g/mol. The molecule has 152 valence electrons. The Balaban J connectivity index is 1.40. The number of carbonyl (C=O) groups is 2. The van der Waals surface area contributed by atoms with Gasteiger partial charge in [0.25, 0.3) is 5.91 Å². The van der Waals surface area contributed by atoms with Gasteiger partial charge in [0.15, 0.2) is 6.10 Å². The van der Waals surface area contributed by atoms with Gasteiger partial charge in [-0.2, -0.15) is 0 Å². The number of rotatable bonds is 5. The van der Waals surface area contributed by atoms with Crippen LogP contribution in [-0.4, -0.2) is 27.9 Å². The van der Waals surface area contributed by atoms with Gasteiger partial charge in [-0.25, -0.2) is 14.0 Å². The van der Waals surface area contributed by atoms with Gasteiger partial charge in [0.2, 0.25) is 5.76 Å². The lowest BCUT2D eigenvalue weighted by Gasteiger charge is -2.12. The molecule has 0 aliphatic heterocycles. The van der Waals surface area contributed by atoms with E-state index in [9.17, 15) is 18.8 Å². The molecule has 8 nitrogen and oxygen atoms in total. The Bertz CT molecular complexity index is 1290. The second kappa shape index (κ2) is 7.70. The summed E-state index contributed by atoms with van der Waals surface area (Å²) < 4.78 is 23.6. The standard InChI is InChI=1S/C21H16FN3O5/c1-11(19(26)23-14-6-7-15-16(10-14)25-21(28)24-15)29-20(27)18-9-8-17(30-18)12-2-4-13(22)5-3-12/h2-11H,1H3,(H,23,26)(H2,24,25,28)/t11-/m1/s1. The number of H-pyrrole nitrogens is 2. The van der Waals surface area contributed by atoms with E-state index in [1.54, 1.807) is 24.3 Å². The minimum Gasteiger partial charge on any atom is -0.449 e. The molecule has 3 N–H and O–H groups in total. The molecule has 0 fully saturated rings. The summed E-state index contributed by atoms with van der Waals surface area (Å²) in [4.78, 5) is 41.1. The second-order valence-electron chi connectivity index (χ2n) is 6.55. The Hall–Kier alpha value is -4.14. The van der Waals surface area contributed by atoms with E-state index in [0.29, 0.717) is 28.0 Å². The van der Waals surface area contributed by atoms with E-state index in [4.69, 9.17) is 9.15 Å². The number of carbonyl (C=O) groups excluding carboxylic acids is 2. The van der Waals surface area contributed by atoms with E-state index in [0.717, 1.165) is 0 Å². The van der Waals surface area contributed by atoms with Crippen LogP contribution in [0.3, 0.4) is 0 Å². The van der Waals surface area contributed by atoms with E-state index in [2.05, 4.69) is 15.3 Å². The first-order valence-electron chi connectivity index (χ1n) is 8.99. The molecule has 0 spiro atoms. The number of imidazole rings is 1. The fourth-order valence-electron chi connectivity index (χ4n) is 2.84. The number of amides is 1. The summed E-state index contributed by atoms with van der Waals surface area (Å²) in [5.41, 5.74) is 1.81. The number of hydrogen-bond donors (Lipinski definition) is 3.